The van der Waals surface area contributed by atoms with Crippen molar-refractivity contribution in [3.63, 3.8) is 0 Å². The molecule has 0 unspecified atom stereocenters. The van der Waals surface area contributed by atoms with Gasteiger partial charge in [0.2, 0.25) is 5.69 Å². The van der Waals surface area contributed by atoms with E-state index in [1.165, 1.54) is 20.2 Å². The van der Waals surface area contributed by atoms with Gasteiger partial charge in [0.05, 0.1) is 51.1 Å². The molecular formula is C55H29N5S. The number of para-hydroxylation sites is 1. The molecule has 0 saturated heterocycles. The topological polar surface area (TPSA) is 50.9 Å². The van der Waals surface area contributed by atoms with E-state index in [-0.39, 0.29) is 0 Å². The van der Waals surface area contributed by atoms with E-state index < -0.39 is 0 Å². The van der Waals surface area contributed by atoms with Crippen LogP contribution in [0, 0.1) is 17.9 Å². The minimum absolute atomic E-state index is 0.418. The molecule has 0 spiro atoms. The van der Waals surface area contributed by atoms with Crippen LogP contribution in [-0.2, 0) is 0 Å². The van der Waals surface area contributed by atoms with Crippen molar-refractivity contribution in [1.82, 2.24) is 14.1 Å². The predicted octanol–water partition coefficient (Wildman–Crippen LogP) is 15.1. The Labute approximate surface area is 353 Å². The minimum atomic E-state index is 0.418. The molecule has 61 heavy (non-hydrogen) atoms. The maximum atomic E-state index is 11.7. The number of benzene rings is 9. The highest BCUT2D eigenvalue weighted by Crippen LogP contribution is 2.54. The van der Waals surface area contributed by atoms with Gasteiger partial charge in [0.15, 0.2) is 0 Å². The van der Waals surface area contributed by atoms with E-state index in [1.54, 1.807) is 11.3 Å². The van der Waals surface area contributed by atoms with Gasteiger partial charge in [0, 0.05) is 69.8 Å². The highest BCUT2D eigenvalue weighted by Gasteiger charge is 2.32. The van der Waals surface area contributed by atoms with Crippen LogP contribution in [0.4, 0.5) is 5.69 Å². The SMILES string of the molecule is [C-]#[N+]c1c(-c2ccccc2)c(C#N)c(-n2c3ccccc3c3c4c(ccc32)sc2ccccc24)c(-c2ccccc2)c1-n1c2cccc3c4cccnc4c4cccc1c4c32. The van der Waals surface area contributed by atoms with Gasteiger partial charge in [0.1, 0.15) is 6.07 Å². The van der Waals surface area contributed by atoms with E-state index in [0.717, 1.165) is 93.4 Å². The van der Waals surface area contributed by atoms with Crippen molar-refractivity contribution in [1.29, 1.82) is 5.26 Å². The molecule has 0 amide bonds. The standard InChI is InChI=1S/C55H29N5S/c1-57-53-46(32-15-4-2-5-16-32)39(31-56)54(59-40-24-10-8-19-36(40)49-43(59)28-29-45-51(49)37-20-9-11-27-44(37)61-45)47(33-17-6-3-7-18-33)55(53)60-41-25-12-21-34-35-23-14-30-58-52(35)38-22-13-26-42(60)50(38)48(34)41/h2-30H. The average molecular weight is 792 g/mol. The van der Waals surface area contributed by atoms with Gasteiger partial charge in [-0.3, -0.25) is 4.98 Å². The first-order valence-electron chi connectivity index (χ1n) is 20.2. The van der Waals surface area contributed by atoms with Crippen molar-refractivity contribution in [2.24, 2.45) is 0 Å². The highest BCUT2D eigenvalue weighted by molar-refractivity contribution is 7.26. The Hall–Kier alpha value is -8.29. The van der Waals surface area contributed by atoms with E-state index >= 15 is 0 Å². The summed E-state index contributed by atoms with van der Waals surface area (Å²) in [4.78, 5) is 9.42. The zero-order chi connectivity index (χ0) is 40.3. The van der Waals surface area contributed by atoms with Gasteiger partial charge in [-0.15, -0.1) is 11.3 Å². The lowest BCUT2D eigenvalue weighted by atomic mass is 9.88. The lowest BCUT2D eigenvalue weighted by Gasteiger charge is -2.25. The van der Waals surface area contributed by atoms with Crippen LogP contribution in [0.3, 0.4) is 0 Å². The van der Waals surface area contributed by atoms with E-state index in [9.17, 15) is 5.26 Å². The highest BCUT2D eigenvalue weighted by atomic mass is 32.1. The van der Waals surface area contributed by atoms with Crippen molar-refractivity contribution in [3.8, 4) is 39.7 Å². The molecule has 13 aromatic rings. The van der Waals surface area contributed by atoms with E-state index in [2.05, 4.69) is 135 Å². The third-order valence-electron chi connectivity index (χ3n) is 12.6. The Morgan fingerprint density at radius 2 is 1.05 bits per heavy atom. The Kier molecular flexibility index (Phi) is 6.96. The summed E-state index contributed by atoms with van der Waals surface area (Å²) in [6.45, 7) is 9.17. The molecule has 5 nitrogen and oxygen atoms in total. The van der Waals surface area contributed by atoms with Gasteiger partial charge in [-0.05, 0) is 59.0 Å². The van der Waals surface area contributed by atoms with Crippen LogP contribution in [0.1, 0.15) is 5.56 Å². The number of nitrogens with zero attached hydrogens (tertiary/aromatic N) is 5. The Balaban J connectivity index is 1.32. The summed E-state index contributed by atoms with van der Waals surface area (Å²) >= 11 is 1.81. The van der Waals surface area contributed by atoms with Crippen LogP contribution in [0.5, 0.6) is 0 Å². The lowest BCUT2D eigenvalue weighted by molar-refractivity contribution is 1.13. The van der Waals surface area contributed by atoms with Crippen LogP contribution in [0.25, 0.3) is 124 Å². The van der Waals surface area contributed by atoms with Crippen molar-refractivity contribution in [2.45, 2.75) is 0 Å². The first kappa shape index (κ1) is 33.7. The number of rotatable bonds is 4. The summed E-state index contributed by atoms with van der Waals surface area (Å²) in [5.74, 6) is 0. The molecule has 9 aromatic carbocycles. The number of hydrogen-bond acceptors (Lipinski definition) is 3. The van der Waals surface area contributed by atoms with Gasteiger partial charge >= 0.3 is 0 Å². The number of aromatic nitrogens is 3. The minimum Gasteiger partial charge on any atom is -0.318 e. The molecule has 0 radical (unpaired) electrons. The first-order chi connectivity index (χ1) is 30.2. The number of nitriles is 1. The molecule has 0 atom stereocenters. The van der Waals surface area contributed by atoms with Gasteiger partial charge in [-0.1, -0.05) is 127 Å². The number of thiophene rings is 1. The molecule has 0 aliphatic heterocycles. The van der Waals surface area contributed by atoms with Crippen LogP contribution in [-0.4, -0.2) is 14.1 Å². The molecule has 0 aliphatic rings. The zero-order valence-electron chi connectivity index (χ0n) is 32.4. The van der Waals surface area contributed by atoms with Crippen molar-refractivity contribution < 1.29 is 0 Å². The predicted molar refractivity (Wildman–Crippen MR) is 254 cm³/mol. The van der Waals surface area contributed by atoms with Gasteiger partial charge < -0.3 is 9.13 Å². The fourth-order valence-corrected chi connectivity index (χ4v) is 11.4. The summed E-state index contributed by atoms with van der Waals surface area (Å²) in [5, 5.41) is 21.9. The van der Waals surface area contributed by atoms with Gasteiger partial charge in [0.25, 0.3) is 0 Å². The fourth-order valence-electron chi connectivity index (χ4n) is 10.3. The molecule has 280 valence electrons. The average Bonchev–Trinajstić information content (AvgIpc) is 3.99. The second-order valence-electron chi connectivity index (χ2n) is 15.5. The molecular weight excluding hydrogens is 763 g/mol. The van der Waals surface area contributed by atoms with Crippen LogP contribution in [0.2, 0.25) is 0 Å². The van der Waals surface area contributed by atoms with E-state index in [4.69, 9.17) is 11.6 Å². The normalized spacial score (nSPS) is 11.9. The van der Waals surface area contributed by atoms with Crippen molar-refractivity contribution in [2.75, 3.05) is 0 Å². The van der Waals surface area contributed by atoms with Gasteiger partial charge in [-0.2, -0.15) is 5.26 Å². The lowest BCUT2D eigenvalue weighted by Crippen LogP contribution is -2.08. The largest absolute Gasteiger partial charge is 0.318 e. The summed E-state index contributed by atoms with van der Waals surface area (Å²) in [6.07, 6.45) is 1.86. The Bertz CT molecular complexity index is 3980. The third-order valence-corrected chi connectivity index (χ3v) is 13.7. The van der Waals surface area contributed by atoms with Crippen LogP contribution >= 0.6 is 11.3 Å². The molecule has 0 saturated carbocycles. The quantitative estimate of drug-likeness (QED) is 0.132. The van der Waals surface area contributed by atoms with E-state index in [1.807, 2.05) is 60.8 Å². The molecule has 4 heterocycles. The van der Waals surface area contributed by atoms with Crippen LogP contribution in [0.15, 0.2) is 176 Å². The molecule has 0 aliphatic carbocycles. The maximum absolute atomic E-state index is 11.7. The van der Waals surface area contributed by atoms with Crippen molar-refractivity contribution >= 4 is 102 Å². The summed E-state index contributed by atoms with van der Waals surface area (Å²) in [5.41, 5.74) is 10.4. The summed E-state index contributed by atoms with van der Waals surface area (Å²) < 4.78 is 7.06. The maximum Gasteiger partial charge on any atom is 0.220 e. The fraction of sp³-hybridized carbons (Fsp3) is 0. The molecule has 13 rings (SSSR count). The monoisotopic (exact) mass is 791 g/mol. The molecule has 0 fully saturated rings. The summed E-state index contributed by atoms with van der Waals surface area (Å²) in [6, 6.07) is 61.8. The number of pyridine rings is 1. The molecule has 4 aromatic heterocycles. The van der Waals surface area contributed by atoms with E-state index in [0.29, 0.717) is 16.8 Å². The third kappa shape index (κ3) is 4.44. The number of hydrogen-bond donors (Lipinski definition) is 0. The smallest absolute Gasteiger partial charge is 0.220 e. The number of fused-ring (bicyclic) bond motifs is 10. The summed E-state index contributed by atoms with van der Waals surface area (Å²) in [7, 11) is 0. The second kappa shape index (κ2) is 12.6. The molecule has 0 bridgehead atoms. The Morgan fingerprint density at radius 3 is 1.80 bits per heavy atom. The molecule has 6 heteroatoms. The van der Waals surface area contributed by atoms with Gasteiger partial charge in [-0.25, -0.2) is 4.85 Å². The first-order valence-corrected chi connectivity index (χ1v) is 21.0. The van der Waals surface area contributed by atoms with Crippen LogP contribution < -0.4 is 0 Å². The zero-order valence-corrected chi connectivity index (χ0v) is 33.2. The molecule has 0 N–H and O–H groups in total. The second-order valence-corrected chi connectivity index (χ2v) is 16.6. The Morgan fingerprint density at radius 1 is 0.475 bits per heavy atom. The van der Waals surface area contributed by atoms with Crippen molar-refractivity contribution in [3.05, 3.63) is 193 Å².